The highest BCUT2D eigenvalue weighted by molar-refractivity contribution is 5.66. The summed E-state index contributed by atoms with van der Waals surface area (Å²) >= 11 is 0. The van der Waals surface area contributed by atoms with Gasteiger partial charge in [-0.3, -0.25) is 4.79 Å². The van der Waals surface area contributed by atoms with Crippen LogP contribution in [0.5, 0.6) is 0 Å². The van der Waals surface area contributed by atoms with E-state index in [4.69, 9.17) is 5.11 Å². The number of nitrogens with one attached hydrogen (secondary N) is 1. The molecule has 0 spiro atoms. The van der Waals surface area contributed by atoms with Crippen LogP contribution in [-0.4, -0.2) is 23.7 Å². The normalized spacial score (nSPS) is 19.6. The van der Waals surface area contributed by atoms with Crippen molar-refractivity contribution in [1.82, 2.24) is 5.32 Å². The molecule has 3 heteroatoms. The Morgan fingerprint density at radius 2 is 1.75 bits per heavy atom. The van der Waals surface area contributed by atoms with E-state index in [-0.39, 0.29) is 5.41 Å². The Hall–Kier alpha value is -0.570. The Balaban J connectivity index is 2.31. The zero-order valence-electron chi connectivity index (χ0n) is 13.6. The first kappa shape index (κ1) is 17.5. The largest absolute Gasteiger partial charge is 0.481 e. The molecule has 0 radical (unpaired) electrons. The van der Waals surface area contributed by atoms with E-state index < -0.39 is 5.97 Å². The topological polar surface area (TPSA) is 49.3 Å². The van der Waals surface area contributed by atoms with Crippen LogP contribution in [0.1, 0.15) is 78.6 Å². The lowest BCUT2D eigenvalue weighted by molar-refractivity contribution is -0.137. The minimum absolute atomic E-state index is 0.195. The Labute approximate surface area is 124 Å². The molecule has 1 saturated carbocycles. The van der Waals surface area contributed by atoms with Crippen molar-refractivity contribution in [3.8, 4) is 0 Å². The fourth-order valence-corrected chi connectivity index (χ4v) is 3.25. The van der Waals surface area contributed by atoms with E-state index in [1.807, 2.05) is 0 Å². The molecule has 1 aliphatic rings. The van der Waals surface area contributed by atoms with E-state index in [0.29, 0.717) is 18.4 Å². The van der Waals surface area contributed by atoms with Crippen molar-refractivity contribution in [2.45, 2.75) is 84.6 Å². The van der Waals surface area contributed by atoms with Gasteiger partial charge in [0.05, 0.1) is 0 Å². The lowest BCUT2D eigenvalue weighted by atomic mass is 9.76. The van der Waals surface area contributed by atoms with Gasteiger partial charge in [0, 0.05) is 12.5 Å². The highest BCUT2D eigenvalue weighted by atomic mass is 16.4. The molecule has 0 aromatic rings. The lowest BCUT2D eigenvalue weighted by Gasteiger charge is -2.31. The molecule has 0 bridgehead atoms. The van der Waals surface area contributed by atoms with E-state index in [1.54, 1.807) is 0 Å². The zero-order valence-corrected chi connectivity index (χ0v) is 13.6. The van der Waals surface area contributed by atoms with E-state index in [9.17, 15) is 4.79 Å². The Bertz CT molecular complexity index is 275. The van der Waals surface area contributed by atoms with Crippen LogP contribution >= 0.6 is 0 Å². The standard InChI is InChI=1S/C17H33NO2/c1-17(2,3)14(10-11-16(19)20)12-13-18-15-8-6-4-5-7-9-15/h14-15,18H,4-13H2,1-3H3,(H,19,20). The van der Waals surface area contributed by atoms with Gasteiger partial charge >= 0.3 is 5.97 Å². The average Bonchev–Trinajstić information content (AvgIpc) is 2.60. The summed E-state index contributed by atoms with van der Waals surface area (Å²) < 4.78 is 0. The number of carboxylic acids is 1. The zero-order chi connectivity index (χ0) is 15.0. The van der Waals surface area contributed by atoms with Gasteiger partial charge in [-0.25, -0.2) is 0 Å². The summed E-state index contributed by atoms with van der Waals surface area (Å²) in [5.41, 5.74) is 0.195. The highest BCUT2D eigenvalue weighted by Gasteiger charge is 2.25. The molecule has 0 heterocycles. The Morgan fingerprint density at radius 3 is 2.25 bits per heavy atom. The summed E-state index contributed by atoms with van der Waals surface area (Å²) in [4.78, 5) is 10.8. The van der Waals surface area contributed by atoms with Gasteiger partial charge in [0.15, 0.2) is 0 Å². The van der Waals surface area contributed by atoms with Crippen molar-refractivity contribution in [3.63, 3.8) is 0 Å². The summed E-state index contributed by atoms with van der Waals surface area (Å²) in [7, 11) is 0. The van der Waals surface area contributed by atoms with Crippen LogP contribution in [0.4, 0.5) is 0 Å². The molecule has 1 atom stereocenters. The van der Waals surface area contributed by atoms with E-state index in [2.05, 4.69) is 26.1 Å². The summed E-state index contributed by atoms with van der Waals surface area (Å²) in [5, 5.41) is 12.6. The van der Waals surface area contributed by atoms with Gasteiger partial charge < -0.3 is 10.4 Å². The van der Waals surface area contributed by atoms with E-state index >= 15 is 0 Å². The van der Waals surface area contributed by atoms with Crippen molar-refractivity contribution >= 4 is 5.97 Å². The second-order valence-electron chi connectivity index (χ2n) is 7.43. The number of rotatable bonds is 7. The lowest BCUT2D eigenvalue weighted by Crippen LogP contribution is -2.32. The van der Waals surface area contributed by atoms with Crippen LogP contribution in [0.25, 0.3) is 0 Å². The first-order valence-corrected chi connectivity index (χ1v) is 8.35. The van der Waals surface area contributed by atoms with Crippen molar-refractivity contribution in [2.75, 3.05) is 6.54 Å². The fraction of sp³-hybridized carbons (Fsp3) is 0.941. The molecule has 20 heavy (non-hydrogen) atoms. The second kappa shape index (κ2) is 8.66. The summed E-state index contributed by atoms with van der Waals surface area (Å²) in [6.07, 6.45) is 10.3. The maximum Gasteiger partial charge on any atom is 0.303 e. The molecule has 0 aromatic carbocycles. The van der Waals surface area contributed by atoms with Crippen molar-refractivity contribution < 1.29 is 9.90 Å². The van der Waals surface area contributed by atoms with Crippen LogP contribution in [0, 0.1) is 11.3 Å². The fourth-order valence-electron chi connectivity index (χ4n) is 3.25. The van der Waals surface area contributed by atoms with Crippen LogP contribution in [-0.2, 0) is 4.79 Å². The quantitative estimate of drug-likeness (QED) is 0.688. The predicted octanol–water partition coefficient (Wildman–Crippen LogP) is 4.22. The number of aliphatic carboxylic acids is 1. The third-order valence-corrected chi connectivity index (χ3v) is 4.71. The molecule has 1 rings (SSSR count). The van der Waals surface area contributed by atoms with Gasteiger partial charge in [0.1, 0.15) is 0 Å². The third-order valence-electron chi connectivity index (χ3n) is 4.71. The maximum atomic E-state index is 10.8. The smallest absolute Gasteiger partial charge is 0.303 e. The molecule has 1 unspecified atom stereocenters. The molecule has 2 N–H and O–H groups in total. The van der Waals surface area contributed by atoms with Crippen molar-refractivity contribution in [2.24, 2.45) is 11.3 Å². The number of carboxylic acid groups (broad SMARTS) is 1. The average molecular weight is 283 g/mol. The van der Waals surface area contributed by atoms with Gasteiger partial charge in [0.2, 0.25) is 0 Å². The van der Waals surface area contributed by atoms with Gasteiger partial charge in [0.25, 0.3) is 0 Å². The molecule has 1 aliphatic carbocycles. The molecule has 0 amide bonds. The molecule has 118 valence electrons. The maximum absolute atomic E-state index is 10.8. The summed E-state index contributed by atoms with van der Waals surface area (Å²) in [6.45, 7) is 7.72. The minimum Gasteiger partial charge on any atom is -0.481 e. The molecule has 3 nitrogen and oxygen atoms in total. The van der Waals surface area contributed by atoms with Gasteiger partial charge in [-0.05, 0) is 43.6 Å². The molecular formula is C17H33NO2. The first-order valence-electron chi connectivity index (χ1n) is 8.35. The summed E-state index contributed by atoms with van der Waals surface area (Å²) in [6, 6.07) is 0.692. The third kappa shape index (κ3) is 7.28. The number of hydrogen-bond acceptors (Lipinski definition) is 2. The molecule has 1 fully saturated rings. The van der Waals surface area contributed by atoms with Crippen LogP contribution < -0.4 is 5.32 Å². The first-order chi connectivity index (χ1) is 9.39. The second-order valence-corrected chi connectivity index (χ2v) is 7.43. The predicted molar refractivity (Wildman–Crippen MR) is 83.9 cm³/mol. The van der Waals surface area contributed by atoms with Gasteiger partial charge in [-0.2, -0.15) is 0 Å². The number of hydrogen-bond donors (Lipinski definition) is 2. The van der Waals surface area contributed by atoms with Crippen LogP contribution in [0.15, 0.2) is 0 Å². The van der Waals surface area contributed by atoms with Crippen LogP contribution in [0.2, 0.25) is 0 Å². The molecule has 0 saturated heterocycles. The van der Waals surface area contributed by atoms with Gasteiger partial charge in [-0.1, -0.05) is 46.5 Å². The van der Waals surface area contributed by atoms with E-state index in [0.717, 1.165) is 19.4 Å². The Morgan fingerprint density at radius 1 is 1.15 bits per heavy atom. The van der Waals surface area contributed by atoms with Crippen LogP contribution in [0.3, 0.4) is 0 Å². The monoisotopic (exact) mass is 283 g/mol. The summed E-state index contributed by atoms with van der Waals surface area (Å²) in [5.74, 6) is -0.187. The molecule has 0 aromatic heterocycles. The molecular weight excluding hydrogens is 250 g/mol. The number of carbonyl (C=O) groups is 1. The Kier molecular flexibility index (Phi) is 7.57. The molecule has 0 aliphatic heterocycles. The van der Waals surface area contributed by atoms with Gasteiger partial charge in [-0.15, -0.1) is 0 Å². The van der Waals surface area contributed by atoms with Crippen molar-refractivity contribution in [3.05, 3.63) is 0 Å². The SMILES string of the molecule is CC(C)(C)C(CCNC1CCCCCC1)CCC(=O)O. The highest BCUT2D eigenvalue weighted by Crippen LogP contribution is 2.32. The van der Waals surface area contributed by atoms with E-state index in [1.165, 1.54) is 38.5 Å². The van der Waals surface area contributed by atoms with Crippen molar-refractivity contribution in [1.29, 1.82) is 0 Å². The minimum atomic E-state index is -0.670.